The second-order valence-electron chi connectivity index (χ2n) is 13.0. The molecule has 0 fully saturated rings. The summed E-state index contributed by atoms with van der Waals surface area (Å²) in [5.74, 6) is -0.546. The normalized spacial score (nSPS) is 13.1. The van der Waals surface area contributed by atoms with Crippen molar-refractivity contribution in [3.05, 3.63) is 65.2 Å². The van der Waals surface area contributed by atoms with Crippen LogP contribution in [0.4, 0.5) is 4.79 Å². The summed E-state index contributed by atoms with van der Waals surface area (Å²) < 4.78 is 5.52. The molecule has 0 heterocycles. The minimum Gasteiger partial charge on any atom is -0.508 e. The predicted molar refractivity (Wildman–Crippen MR) is 167 cm³/mol. The molecule has 0 saturated carbocycles. The molecule has 0 radical (unpaired) electrons. The third-order valence-corrected chi connectivity index (χ3v) is 6.69. The highest BCUT2D eigenvalue weighted by Gasteiger charge is 2.37. The Labute approximate surface area is 252 Å². The third kappa shape index (κ3) is 11.7. The first-order valence-corrected chi connectivity index (χ1v) is 15.1. The molecule has 0 aromatic heterocycles. The minimum absolute atomic E-state index is 0.105. The quantitative estimate of drug-likeness (QED) is 0.231. The van der Waals surface area contributed by atoms with Crippen molar-refractivity contribution in [2.75, 3.05) is 6.54 Å². The highest BCUT2D eigenvalue weighted by Crippen LogP contribution is 2.28. The average Bonchev–Trinajstić information content (AvgIpc) is 2.87. The number of carbonyl (C=O) groups is 3. The molecule has 0 saturated heterocycles. The Morgan fingerprint density at radius 2 is 1.52 bits per heavy atom. The third-order valence-electron chi connectivity index (χ3n) is 6.69. The zero-order chi connectivity index (χ0) is 31.5. The van der Waals surface area contributed by atoms with Gasteiger partial charge in [0.05, 0.1) is 0 Å². The lowest BCUT2D eigenvalue weighted by atomic mass is 9.95. The van der Waals surface area contributed by atoms with E-state index in [-0.39, 0.29) is 24.0 Å². The molecular formula is C34H51N3O5. The van der Waals surface area contributed by atoms with Crippen LogP contribution in [0.2, 0.25) is 0 Å². The molecule has 42 heavy (non-hydrogen) atoms. The molecular weight excluding hydrogens is 530 g/mol. The van der Waals surface area contributed by atoms with Crippen LogP contribution in [-0.2, 0) is 20.7 Å². The van der Waals surface area contributed by atoms with E-state index >= 15 is 0 Å². The Balaban J connectivity index is 2.58. The molecule has 3 N–H and O–H groups in total. The average molecular weight is 582 g/mol. The Hall–Kier alpha value is -3.55. The number of alkyl carbamates (subject to hydrolysis) is 1. The Kier molecular flexibility index (Phi) is 12.9. The molecule has 2 unspecified atom stereocenters. The number of hydrogen-bond acceptors (Lipinski definition) is 5. The molecule has 0 bridgehead atoms. The molecule has 0 aliphatic heterocycles. The summed E-state index contributed by atoms with van der Waals surface area (Å²) in [4.78, 5) is 43.1. The van der Waals surface area contributed by atoms with Crippen LogP contribution in [0.5, 0.6) is 5.75 Å². The number of hydrogen-bond donors (Lipinski definition) is 3. The summed E-state index contributed by atoms with van der Waals surface area (Å²) in [7, 11) is 0. The van der Waals surface area contributed by atoms with Gasteiger partial charge in [0.2, 0.25) is 11.8 Å². The van der Waals surface area contributed by atoms with Crippen molar-refractivity contribution < 1.29 is 24.2 Å². The number of nitrogens with zero attached hydrogens (tertiary/aromatic N) is 1. The number of amides is 3. The van der Waals surface area contributed by atoms with Crippen LogP contribution in [0, 0.1) is 6.92 Å². The fraction of sp³-hybridized carbons (Fsp3) is 0.559. The molecule has 232 valence electrons. The molecule has 2 rings (SSSR count). The number of aromatic hydroxyl groups is 1. The number of carbonyl (C=O) groups excluding carboxylic acids is 3. The van der Waals surface area contributed by atoms with Crippen molar-refractivity contribution in [3.8, 4) is 5.75 Å². The highest BCUT2D eigenvalue weighted by atomic mass is 16.6. The number of benzene rings is 2. The zero-order valence-corrected chi connectivity index (χ0v) is 26.8. The van der Waals surface area contributed by atoms with Gasteiger partial charge in [0.25, 0.3) is 0 Å². The van der Waals surface area contributed by atoms with Crippen LogP contribution < -0.4 is 10.6 Å². The maximum atomic E-state index is 14.6. The van der Waals surface area contributed by atoms with Crippen LogP contribution in [0.25, 0.3) is 0 Å². The second-order valence-corrected chi connectivity index (χ2v) is 13.0. The summed E-state index contributed by atoms with van der Waals surface area (Å²) in [5.41, 5.74) is 1.10. The van der Waals surface area contributed by atoms with Crippen LogP contribution in [0.15, 0.2) is 48.5 Å². The SMILES string of the molecule is CCCCCCCN(C(=O)C(Cc1ccc(O)cc1)NC(=O)OC(C)(C)C)C(C(=O)NC(C)(C)C)c1ccccc1C. The zero-order valence-electron chi connectivity index (χ0n) is 26.8. The molecule has 2 atom stereocenters. The van der Waals surface area contributed by atoms with Gasteiger partial charge in [0.15, 0.2) is 0 Å². The van der Waals surface area contributed by atoms with Gasteiger partial charge in [-0.3, -0.25) is 9.59 Å². The number of phenols is 1. The number of nitrogens with one attached hydrogen (secondary N) is 2. The van der Waals surface area contributed by atoms with E-state index in [2.05, 4.69) is 17.6 Å². The Morgan fingerprint density at radius 3 is 2.10 bits per heavy atom. The summed E-state index contributed by atoms with van der Waals surface area (Å²) >= 11 is 0. The number of aryl methyl sites for hydroxylation is 1. The number of unbranched alkanes of at least 4 members (excludes halogenated alkanes) is 4. The number of ether oxygens (including phenoxy) is 1. The van der Waals surface area contributed by atoms with Crippen LogP contribution in [0.3, 0.4) is 0 Å². The van der Waals surface area contributed by atoms with Crippen molar-refractivity contribution in [1.29, 1.82) is 0 Å². The van der Waals surface area contributed by atoms with E-state index in [9.17, 15) is 19.5 Å². The van der Waals surface area contributed by atoms with Gasteiger partial charge < -0.3 is 25.4 Å². The fourth-order valence-corrected chi connectivity index (χ4v) is 4.75. The highest BCUT2D eigenvalue weighted by molar-refractivity contribution is 5.92. The Morgan fingerprint density at radius 1 is 0.905 bits per heavy atom. The maximum Gasteiger partial charge on any atom is 0.408 e. The van der Waals surface area contributed by atoms with Crippen molar-refractivity contribution in [1.82, 2.24) is 15.5 Å². The standard InChI is InChI=1S/C34H51N3O5/c1-9-10-11-12-15-22-37(29(30(39)36-33(3,4)5)27-17-14-13-16-24(27)2)31(40)28(35-32(41)42-34(6,7)8)23-25-18-20-26(38)21-19-25/h13-14,16-21,28-29,38H,9-12,15,22-23H2,1-8H3,(H,35,41)(H,36,39). The van der Waals surface area contributed by atoms with Crippen LogP contribution in [-0.4, -0.2) is 51.6 Å². The maximum absolute atomic E-state index is 14.6. The largest absolute Gasteiger partial charge is 0.508 e. The van der Waals surface area contributed by atoms with Gasteiger partial charge in [-0.15, -0.1) is 0 Å². The lowest BCUT2D eigenvalue weighted by Gasteiger charge is -2.36. The van der Waals surface area contributed by atoms with Gasteiger partial charge in [-0.1, -0.05) is 69.0 Å². The predicted octanol–water partition coefficient (Wildman–Crippen LogP) is 6.59. The van der Waals surface area contributed by atoms with Gasteiger partial charge in [-0.25, -0.2) is 4.79 Å². The molecule has 2 aromatic rings. The monoisotopic (exact) mass is 581 g/mol. The lowest BCUT2D eigenvalue weighted by molar-refractivity contribution is -0.143. The first kappa shape index (κ1) is 34.7. The molecule has 2 aromatic carbocycles. The molecule has 3 amide bonds. The molecule has 0 spiro atoms. The Bertz CT molecular complexity index is 1160. The van der Waals surface area contributed by atoms with E-state index in [0.717, 1.165) is 48.8 Å². The lowest BCUT2D eigenvalue weighted by Crippen LogP contribution is -2.55. The van der Waals surface area contributed by atoms with Gasteiger partial charge in [0.1, 0.15) is 23.4 Å². The van der Waals surface area contributed by atoms with Gasteiger partial charge >= 0.3 is 6.09 Å². The van der Waals surface area contributed by atoms with Crippen molar-refractivity contribution in [3.63, 3.8) is 0 Å². The molecule has 0 aliphatic rings. The van der Waals surface area contributed by atoms with Crippen molar-refractivity contribution in [2.24, 2.45) is 0 Å². The smallest absolute Gasteiger partial charge is 0.408 e. The summed E-state index contributed by atoms with van der Waals surface area (Å²) in [6, 6.07) is 12.2. The van der Waals surface area contributed by atoms with Crippen molar-refractivity contribution >= 4 is 17.9 Å². The van der Waals surface area contributed by atoms with Crippen molar-refractivity contribution in [2.45, 2.75) is 117 Å². The first-order chi connectivity index (χ1) is 19.6. The topological polar surface area (TPSA) is 108 Å². The van der Waals surface area contributed by atoms with Crippen LogP contribution >= 0.6 is 0 Å². The van der Waals surface area contributed by atoms with E-state index in [1.54, 1.807) is 49.9 Å². The van der Waals surface area contributed by atoms with E-state index in [0.29, 0.717) is 6.54 Å². The number of phenolic OH excluding ortho intramolecular Hbond substituents is 1. The number of rotatable bonds is 13. The van der Waals surface area contributed by atoms with Gasteiger partial charge in [-0.05, 0) is 83.7 Å². The van der Waals surface area contributed by atoms with Gasteiger partial charge in [-0.2, -0.15) is 0 Å². The molecule has 8 heteroatoms. The van der Waals surface area contributed by atoms with E-state index in [1.807, 2.05) is 52.0 Å². The van der Waals surface area contributed by atoms with Crippen LogP contribution in [0.1, 0.15) is 103 Å². The van der Waals surface area contributed by atoms with Gasteiger partial charge in [0, 0.05) is 18.5 Å². The summed E-state index contributed by atoms with van der Waals surface area (Å²) in [6.45, 7) is 15.4. The molecule has 0 aliphatic carbocycles. The van der Waals surface area contributed by atoms with E-state index < -0.39 is 29.3 Å². The van der Waals surface area contributed by atoms with E-state index in [1.165, 1.54) is 0 Å². The first-order valence-electron chi connectivity index (χ1n) is 15.1. The fourth-order valence-electron chi connectivity index (χ4n) is 4.75. The molecule has 8 nitrogen and oxygen atoms in total. The summed E-state index contributed by atoms with van der Waals surface area (Å²) in [6.07, 6.45) is 4.31. The second kappa shape index (κ2) is 15.6. The summed E-state index contributed by atoms with van der Waals surface area (Å²) in [5, 5.41) is 15.7. The van der Waals surface area contributed by atoms with E-state index in [4.69, 9.17) is 4.74 Å². The minimum atomic E-state index is -1.01.